The molecular formula is C48H30S2. The maximum Gasteiger partial charge on any atom is 0.0434 e. The fourth-order valence-electron chi connectivity index (χ4n) is 7.34. The molecule has 0 saturated heterocycles. The van der Waals surface area contributed by atoms with Crippen molar-refractivity contribution in [3.63, 3.8) is 0 Å². The lowest BCUT2D eigenvalue weighted by molar-refractivity contribution is 1.56. The Bertz CT molecular complexity index is 2780. The molecule has 2 aromatic heterocycles. The molecule has 0 aliphatic rings. The molecule has 2 heteroatoms. The highest BCUT2D eigenvalue weighted by Gasteiger charge is 2.15. The maximum atomic E-state index is 2.41. The van der Waals surface area contributed by atoms with Gasteiger partial charge in [-0.05, 0) is 105 Å². The molecule has 0 fully saturated rings. The SMILES string of the molecule is c1ccc(-c2cc(-c3ccccc3)cc(-c3ccc(-c4cc(-c5ccc6sc7ccccc7c6c5)cc5c4sc4ccccc45)cc3)c2)cc1. The first-order valence-electron chi connectivity index (χ1n) is 17.0. The lowest BCUT2D eigenvalue weighted by Crippen LogP contribution is -1.87. The summed E-state index contributed by atoms with van der Waals surface area (Å²) in [7, 11) is 0. The summed E-state index contributed by atoms with van der Waals surface area (Å²) in [6, 6.07) is 66.9. The second kappa shape index (κ2) is 12.0. The summed E-state index contributed by atoms with van der Waals surface area (Å²) in [5.41, 5.74) is 12.3. The second-order valence-electron chi connectivity index (χ2n) is 12.9. The fourth-order valence-corrected chi connectivity index (χ4v) is 9.65. The molecule has 0 N–H and O–H groups in total. The minimum absolute atomic E-state index is 1.21. The van der Waals surface area contributed by atoms with Crippen LogP contribution in [0.3, 0.4) is 0 Å². The van der Waals surface area contributed by atoms with Crippen molar-refractivity contribution < 1.29 is 0 Å². The molecule has 0 saturated carbocycles. The summed E-state index contributed by atoms with van der Waals surface area (Å²) >= 11 is 3.77. The Balaban J connectivity index is 1.12. The first-order valence-corrected chi connectivity index (χ1v) is 18.6. The van der Waals surface area contributed by atoms with Crippen LogP contribution in [0, 0.1) is 0 Å². The largest absolute Gasteiger partial charge is 0.135 e. The Morgan fingerprint density at radius 1 is 0.240 bits per heavy atom. The van der Waals surface area contributed by atoms with Crippen molar-refractivity contribution in [1.29, 1.82) is 0 Å². The third-order valence-electron chi connectivity index (χ3n) is 9.86. The average Bonchev–Trinajstić information content (AvgIpc) is 3.76. The van der Waals surface area contributed by atoms with E-state index in [-0.39, 0.29) is 0 Å². The summed E-state index contributed by atoms with van der Waals surface area (Å²) in [6.45, 7) is 0. The van der Waals surface area contributed by atoms with Crippen molar-refractivity contribution in [1.82, 2.24) is 0 Å². The van der Waals surface area contributed by atoms with Gasteiger partial charge in [0, 0.05) is 45.9 Å². The molecule has 0 aliphatic heterocycles. The van der Waals surface area contributed by atoms with Gasteiger partial charge in [0.1, 0.15) is 0 Å². The molecule has 0 atom stereocenters. The second-order valence-corrected chi connectivity index (χ2v) is 15.1. The van der Waals surface area contributed by atoms with Crippen LogP contribution in [-0.2, 0) is 0 Å². The molecule has 50 heavy (non-hydrogen) atoms. The Labute approximate surface area is 299 Å². The maximum absolute atomic E-state index is 2.41. The van der Waals surface area contributed by atoms with Crippen molar-refractivity contribution in [2.75, 3.05) is 0 Å². The van der Waals surface area contributed by atoms with E-state index < -0.39 is 0 Å². The Hall–Kier alpha value is -5.80. The highest BCUT2D eigenvalue weighted by atomic mass is 32.1. The minimum Gasteiger partial charge on any atom is -0.135 e. The van der Waals surface area contributed by atoms with Crippen LogP contribution in [-0.4, -0.2) is 0 Å². The minimum atomic E-state index is 1.21. The van der Waals surface area contributed by atoms with Gasteiger partial charge >= 0.3 is 0 Å². The highest BCUT2D eigenvalue weighted by molar-refractivity contribution is 7.26. The third-order valence-corrected chi connectivity index (χ3v) is 12.2. The number of rotatable bonds is 5. The number of thiophene rings is 2. The van der Waals surface area contributed by atoms with Gasteiger partial charge in [0.25, 0.3) is 0 Å². The van der Waals surface area contributed by atoms with E-state index in [0.29, 0.717) is 0 Å². The summed E-state index contributed by atoms with van der Waals surface area (Å²) in [6.07, 6.45) is 0. The van der Waals surface area contributed by atoms with Crippen LogP contribution in [0.5, 0.6) is 0 Å². The molecule has 0 nitrogen and oxygen atoms in total. The standard InChI is InChI=1S/C48H30S2/c1-3-11-31(12-4-1)36-25-37(32-13-5-2-6-14-32)27-38(26-36)33-19-21-34(22-20-33)42-29-39(30-44-41-16-8-10-18-46(41)50-48(42)44)35-23-24-47-43(28-35)40-15-7-9-17-45(40)49-47/h1-30H. The number of benzene rings is 8. The van der Waals surface area contributed by atoms with Crippen LogP contribution in [0.2, 0.25) is 0 Å². The van der Waals surface area contributed by atoms with Crippen molar-refractivity contribution in [3.8, 4) is 55.6 Å². The van der Waals surface area contributed by atoms with Crippen molar-refractivity contribution >= 4 is 63.0 Å². The van der Waals surface area contributed by atoms with Crippen LogP contribution in [0.4, 0.5) is 0 Å². The van der Waals surface area contributed by atoms with Gasteiger partial charge in [0.15, 0.2) is 0 Å². The van der Waals surface area contributed by atoms with E-state index in [4.69, 9.17) is 0 Å². The third kappa shape index (κ3) is 5.04. The van der Waals surface area contributed by atoms with Gasteiger partial charge in [-0.15, -0.1) is 22.7 Å². The van der Waals surface area contributed by atoms with Crippen LogP contribution in [0.25, 0.3) is 96.0 Å². The fraction of sp³-hybridized carbons (Fsp3) is 0. The van der Waals surface area contributed by atoms with Gasteiger partial charge in [-0.25, -0.2) is 0 Å². The van der Waals surface area contributed by atoms with E-state index in [2.05, 4.69) is 182 Å². The predicted octanol–water partition coefficient (Wildman–Crippen LogP) is 14.8. The van der Waals surface area contributed by atoms with Gasteiger partial charge in [0.05, 0.1) is 0 Å². The van der Waals surface area contributed by atoms with Gasteiger partial charge in [-0.1, -0.05) is 127 Å². The molecule has 0 bridgehead atoms. The molecule has 0 amide bonds. The monoisotopic (exact) mass is 670 g/mol. The van der Waals surface area contributed by atoms with E-state index in [0.717, 1.165) is 0 Å². The molecule has 10 aromatic rings. The van der Waals surface area contributed by atoms with Gasteiger partial charge in [-0.3, -0.25) is 0 Å². The van der Waals surface area contributed by atoms with Crippen molar-refractivity contribution in [3.05, 3.63) is 182 Å². The molecular weight excluding hydrogens is 641 g/mol. The molecule has 10 rings (SSSR count). The summed E-state index contributed by atoms with van der Waals surface area (Å²) in [5.74, 6) is 0. The van der Waals surface area contributed by atoms with E-state index in [1.54, 1.807) is 0 Å². The van der Waals surface area contributed by atoms with Gasteiger partial charge in [0.2, 0.25) is 0 Å². The van der Waals surface area contributed by atoms with Crippen LogP contribution < -0.4 is 0 Å². The molecule has 0 spiro atoms. The molecule has 0 radical (unpaired) electrons. The number of hydrogen-bond donors (Lipinski definition) is 0. The highest BCUT2D eigenvalue weighted by Crippen LogP contribution is 2.44. The first kappa shape index (κ1) is 29.1. The number of hydrogen-bond acceptors (Lipinski definition) is 2. The Morgan fingerprint density at radius 3 is 1.32 bits per heavy atom. The van der Waals surface area contributed by atoms with Gasteiger partial charge in [-0.2, -0.15) is 0 Å². The normalized spacial score (nSPS) is 11.6. The Kier molecular flexibility index (Phi) is 6.97. The van der Waals surface area contributed by atoms with Crippen LogP contribution >= 0.6 is 22.7 Å². The van der Waals surface area contributed by atoms with E-state index in [9.17, 15) is 0 Å². The predicted molar refractivity (Wildman–Crippen MR) is 219 cm³/mol. The molecule has 0 aliphatic carbocycles. The summed E-state index contributed by atoms with van der Waals surface area (Å²) in [4.78, 5) is 0. The first-order chi connectivity index (χ1) is 24.7. The van der Waals surface area contributed by atoms with Crippen molar-refractivity contribution in [2.24, 2.45) is 0 Å². The molecule has 234 valence electrons. The Morgan fingerprint density at radius 2 is 0.680 bits per heavy atom. The van der Waals surface area contributed by atoms with E-state index in [1.807, 2.05) is 22.7 Å². The zero-order valence-electron chi connectivity index (χ0n) is 27.1. The molecule has 2 heterocycles. The zero-order valence-corrected chi connectivity index (χ0v) is 28.8. The average molecular weight is 671 g/mol. The topological polar surface area (TPSA) is 0 Å². The summed E-state index contributed by atoms with van der Waals surface area (Å²) < 4.78 is 5.33. The molecule has 0 unspecified atom stereocenters. The van der Waals surface area contributed by atoms with Gasteiger partial charge < -0.3 is 0 Å². The lowest BCUT2D eigenvalue weighted by Gasteiger charge is -2.13. The number of fused-ring (bicyclic) bond motifs is 6. The zero-order chi connectivity index (χ0) is 33.0. The lowest BCUT2D eigenvalue weighted by atomic mass is 9.92. The van der Waals surface area contributed by atoms with Crippen molar-refractivity contribution in [2.45, 2.75) is 0 Å². The summed E-state index contributed by atoms with van der Waals surface area (Å²) in [5, 5.41) is 5.30. The van der Waals surface area contributed by atoms with E-state index in [1.165, 1.54) is 96.0 Å². The van der Waals surface area contributed by atoms with Crippen LogP contribution in [0.1, 0.15) is 0 Å². The molecule has 8 aromatic carbocycles. The quantitative estimate of drug-likeness (QED) is 0.171. The van der Waals surface area contributed by atoms with E-state index >= 15 is 0 Å². The van der Waals surface area contributed by atoms with Crippen LogP contribution in [0.15, 0.2) is 182 Å². The smallest absolute Gasteiger partial charge is 0.0434 e.